The number of rotatable bonds is 3. The highest BCUT2D eigenvalue weighted by Crippen LogP contribution is 2.26. The number of cyclic esters (lactones) is 1. The van der Waals surface area contributed by atoms with Gasteiger partial charge in [0.05, 0.1) is 11.6 Å². The van der Waals surface area contributed by atoms with Crippen molar-refractivity contribution in [3.05, 3.63) is 28.0 Å². The van der Waals surface area contributed by atoms with Gasteiger partial charge in [-0.25, -0.2) is 4.79 Å². The van der Waals surface area contributed by atoms with Crippen LogP contribution in [0.2, 0.25) is 0 Å². The maximum absolute atomic E-state index is 11.8. The first-order valence-electron chi connectivity index (χ1n) is 5.55. The molecule has 8 nitrogen and oxygen atoms in total. The smallest absolute Gasteiger partial charge is 0.433 e. The minimum absolute atomic E-state index is 0.00999. The average Bonchev–Trinajstić information content (AvgIpc) is 2.83. The first kappa shape index (κ1) is 13.1. The van der Waals surface area contributed by atoms with E-state index < -0.39 is 34.3 Å². The van der Waals surface area contributed by atoms with E-state index in [1.807, 2.05) is 0 Å². The van der Waals surface area contributed by atoms with Crippen LogP contribution in [-0.4, -0.2) is 28.4 Å². The number of nitrogens with zero attached hydrogens (tertiary/aromatic N) is 1. The largest absolute Gasteiger partial charge is 0.458 e. The fourth-order valence-corrected chi connectivity index (χ4v) is 1.85. The van der Waals surface area contributed by atoms with E-state index in [1.165, 1.54) is 0 Å². The van der Waals surface area contributed by atoms with Gasteiger partial charge >= 0.3 is 11.9 Å². The second-order valence-corrected chi connectivity index (χ2v) is 4.84. The highest BCUT2D eigenvalue weighted by molar-refractivity contribution is 5.97. The van der Waals surface area contributed by atoms with Crippen molar-refractivity contribution in [1.29, 1.82) is 0 Å². The van der Waals surface area contributed by atoms with Gasteiger partial charge in [0.15, 0.2) is 0 Å². The van der Waals surface area contributed by atoms with Gasteiger partial charge in [-0.05, 0) is 13.8 Å². The third kappa shape index (κ3) is 2.72. The summed E-state index contributed by atoms with van der Waals surface area (Å²) in [5.41, 5.74) is -0.638. The molecular formula is C11H12N2O6. The SMILES string of the molecule is CC1(C)CC(NC(=O)c2coc([N+](=O)[O-])c2)C(=O)O1. The summed E-state index contributed by atoms with van der Waals surface area (Å²) in [6, 6.07) is 0.247. The number of hydrogen-bond acceptors (Lipinski definition) is 6. The van der Waals surface area contributed by atoms with E-state index in [0.717, 1.165) is 12.3 Å². The van der Waals surface area contributed by atoms with Gasteiger partial charge in [0.1, 0.15) is 22.8 Å². The third-order valence-electron chi connectivity index (χ3n) is 2.69. The van der Waals surface area contributed by atoms with Crippen molar-refractivity contribution in [2.45, 2.75) is 31.9 Å². The average molecular weight is 268 g/mol. The van der Waals surface area contributed by atoms with Crippen LogP contribution in [0.4, 0.5) is 5.88 Å². The number of hydrogen-bond donors (Lipinski definition) is 1. The van der Waals surface area contributed by atoms with Gasteiger partial charge in [0.25, 0.3) is 5.91 Å². The fourth-order valence-electron chi connectivity index (χ4n) is 1.85. The molecule has 1 aliphatic heterocycles. The molecule has 2 heterocycles. The van der Waals surface area contributed by atoms with E-state index in [1.54, 1.807) is 13.8 Å². The standard InChI is InChI=1S/C11H12N2O6/c1-11(2)4-7(10(15)19-11)12-9(14)6-3-8(13(16)17)18-5-6/h3,5,7H,4H2,1-2H3,(H,12,14). The summed E-state index contributed by atoms with van der Waals surface area (Å²) in [6.45, 7) is 3.47. The highest BCUT2D eigenvalue weighted by Gasteiger charge is 2.41. The Morgan fingerprint density at radius 3 is 2.74 bits per heavy atom. The summed E-state index contributed by atoms with van der Waals surface area (Å²) < 4.78 is 9.66. The fraction of sp³-hybridized carbons (Fsp3) is 0.455. The van der Waals surface area contributed by atoms with Crippen LogP contribution < -0.4 is 5.32 Å². The number of furan rings is 1. The quantitative estimate of drug-likeness (QED) is 0.497. The van der Waals surface area contributed by atoms with Crippen molar-refractivity contribution in [3.63, 3.8) is 0 Å². The highest BCUT2D eigenvalue weighted by atomic mass is 16.6. The molecule has 1 unspecified atom stereocenters. The zero-order chi connectivity index (χ0) is 14.2. The molecule has 1 atom stereocenters. The molecular weight excluding hydrogens is 256 g/mol. The summed E-state index contributed by atoms with van der Waals surface area (Å²) in [5, 5.41) is 12.9. The number of esters is 1. The Hall–Kier alpha value is -2.38. The lowest BCUT2D eigenvalue weighted by molar-refractivity contribution is -0.402. The maximum Gasteiger partial charge on any atom is 0.433 e. The van der Waals surface area contributed by atoms with Crippen molar-refractivity contribution in [1.82, 2.24) is 5.32 Å². The molecule has 1 aliphatic rings. The third-order valence-corrected chi connectivity index (χ3v) is 2.69. The molecule has 102 valence electrons. The zero-order valence-electron chi connectivity index (χ0n) is 10.3. The molecule has 1 fully saturated rings. The van der Waals surface area contributed by atoms with E-state index in [0.29, 0.717) is 6.42 Å². The Labute approximate surface area is 107 Å². The summed E-state index contributed by atoms with van der Waals surface area (Å²) in [4.78, 5) is 33.0. The second kappa shape index (κ2) is 4.38. The van der Waals surface area contributed by atoms with Gasteiger partial charge in [-0.3, -0.25) is 14.9 Å². The minimum Gasteiger partial charge on any atom is -0.458 e. The number of ether oxygens (including phenoxy) is 1. The summed E-state index contributed by atoms with van der Waals surface area (Å²) in [6.07, 6.45) is 1.32. The van der Waals surface area contributed by atoms with Gasteiger partial charge in [0.2, 0.25) is 0 Å². The molecule has 2 rings (SSSR count). The van der Waals surface area contributed by atoms with Crippen molar-refractivity contribution in [3.8, 4) is 0 Å². The molecule has 0 spiro atoms. The maximum atomic E-state index is 11.8. The first-order chi connectivity index (χ1) is 8.78. The summed E-state index contributed by atoms with van der Waals surface area (Å²) in [5.74, 6) is -1.66. The van der Waals surface area contributed by atoms with E-state index >= 15 is 0 Å². The molecule has 0 aliphatic carbocycles. The lowest BCUT2D eigenvalue weighted by atomic mass is 10.0. The van der Waals surface area contributed by atoms with Crippen LogP contribution in [0, 0.1) is 10.1 Å². The number of nitrogens with one attached hydrogen (secondary N) is 1. The summed E-state index contributed by atoms with van der Waals surface area (Å²) >= 11 is 0. The van der Waals surface area contributed by atoms with E-state index in [9.17, 15) is 19.7 Å². The van der Waals surface area contributed by atoms with Crippen molar-refractivity contribution < 1.29 is 23.7 Å². The van der Waals surface area contributed by atoms with Crippen LogP contribution in [0.1, 0.15) is 30.6 Å². The number of nitro groups is 1. The van der Waals surface area contributed by atoms with E-state index in [2.05, 4.69) is 9.73 Å². The van der Waals surface area contributed by atoms with Crippen molar-refractivity contribution in [2.24, 2.45) is 0 Å². The van der Waals surface area contributed by atoms with Crippen molar-refractivity contribution >= 4 is 17.8 Å². The molecule has 1 aromatic rings. The lowest BCUT2D eigenvalue weighted by Gasteiger charge is -2.14. The van der Waals surface area contributed by atoms with Gasteiger partial charge in [-0.15, -0.1) is 0 Å². The number of carbonyl (C=O) groups is 2. The Morgan fingerprint density at radius 2 is 2.26 bits per heavy atom. The van der Waals surface area contributed by atoms with Gasteiger partial charge in [-0.2, -0.15) is 0 Å². The van der Waals surface area contributed by atoms with Crippen LogP contribution in [0.5, 0.6) is 0 Å². The van der Waals surface area contributed by atoms with E-state index in [-0.39, 0.29) is 5.56 Å². The molecule has 1 aromatic heterocycles. The molecule has 0 saturated carbocycles. The Kier molecular flexibility index (Phi) is 3.01. The molecule has 1 N–H and O–H groups in total. The second-order valence-electron chi connectivity index (χ2n) is 4.84. The lowest BCUT2D eigenvalue weighted by Crippen LogP contribution is -2.38. The van der Waals surface area contributed by atoms with Crippen molar-refractivity contribution in [2.75, 3.05) is 0 Å². The Morgan fingerprint density at radius 1 is 1.58 bits per heavy atom. The Bertz CT molecular complexity index is 547. The normalized spacial score (nSPS) is 20.9. The number of amides is 1. The van der Waals surface area contributed by atoms with Crippen LogP contribution >= 0.6 is 0 Å². The molecule has 0 aromatic carbocycles. The predicted octanol–water partition coefficient (Wildman–Crippen LogP) is 1.01. The Balaban J connectivity index is 2.05. The van der Waals surface area contributed by atoms with Gasteiger partial charge in [0, 0.05) is 6.42 Å². The van der Waals surface area contributed by atoms with Crippen LogP contribution in [0.25, 0.3) is 0 Å². The molecule has 1 amide bonds. The van der Waals surface area contributed by atoms with Crippen LogP contribution in [-0.2, 0) is 9.53 Å². The molecule has 8 heteroatoms. The number of carbonyl (C=O) groups excluding carboxylic acids is 2. The molecule has 0 radical (unpaired) electrons. The van der Waals surface area contributed by atoms with Crippen LogP contribution in [0.3, 0.4) is 0 Å². The molecule has 1 saturated heterocycles. The molecule has 0 bridgehead atoms. The first-order valence-corrected chi connectivity index (χ1v) is 5.55. The van der Waals surface area contributed by atoms with Gasteiger partial charge < -0.3 is 14.5 Å². The topological polar surface area (TPSA) is 112 Å². The predicted molar refractivity (Wildman–Crippen MR) is 61.4 cm³/mol. The summed E-state index contributed by atoms with van der Waals surface area (Å²) in [7, 11) is 0. The van der Waals surface area contributed by atoms with Crippen LogP contribution in [0.15, 0.2) is 16.7 Å². The van der Waals surface area contributed by atoms with Gasteiger partial charge in [-0.1, -0.05) is 0 Å². The molecule has 19 heavy (non-hydrogen) atoms. The zero-order valence-corrected chi connectivity index (χ0v) is 10.3. The van der Waals surface area contributed by atoms with E-state index in [4.69, 9.17) is 4.74 Å². The monoisotopic (exact) mass is 268 g/mol. The minimum atomic E-state index is -0.753.